The minimum atomic E-state index is -0.965. The third-order valence-electron chi connectivity index (χ3n) is 6.37. The highest BCUT2D eigenvalue weighted by molar-refractivity contribution is 6.35. The average Bonchev–Trinajstić information content (AvgIpc) is 2.87. The maximum absolute atomic E-state index is 11.9. The lowest BCUT2D eigenvalue weighted by Crippen LogP contribution is -2.18. The molecule has 3 aromatic carbocycles. The summed E-state index contributed by atoms with van der Waals surface area (Å²) in [6.45, 7) is 1.88. The van der Waals surface area contributed by atoms with Crippen molar-refractivity contribution in [2.24, 2.45) is 12.2 Å². The third kappa shape index (κ3) is 5.77. The molecule has 1 heterocycles. The smallest absolute Gasteiger partial charge is 0.335 e. The Morgan fingerprint density at radius 2 is 1.68 bits per heavy atom. The maximum Gasteiger partial charge on any atom is 0.335 e. The fourth-order valence-electron chi connectivity index (χ4n) is 4.38. The molecule has 1 atom stereocenters. The van der Waals surface area contributed by atoms with Crippen molar-refractivity contribution in [2.75, 3.05) is 0 Å². The van der Waals surface area contributed by atoms with Gasteiger partial charge in [-0.2, -0.15) is 0 Å². The van der Waals surface area contributed by atoms with Crippen LogP contribution in [0.4, 0.5) is 0 Å². The number of carboxylic acid groups (broad SMARTS) is 1. The van der Waals surface area contributed by atoms with Gasteiger partial charge in [0.25, 0.3) is 0 Å². The number of nitrogens with zero attached hydrogens (tertiary/aromatic N) is 2. The summed E-state index contributed by atoms with van der Waals surface area (Å²) in [4.78, 5) is 23.1. The van der Waals surface area contributed by atoms with Crippen LogP contribution >= 0.6 is 23.2 Å². The number of benzene rings is 3. The molecule has 0 saturated heterocycles. The number of oxime groups is 1. The topological polar surface area (TPSA) is 91.9 Å². The molecule has 4 rings (SSSR count). The van der Waals surface area contributed by atoms with Crippen LogP contribution in [0.1, 0.15) is 45.0 Å². The van der Waals surface area contributed by atoms with Crippen LogP contribution in [0.5, 0.6) is 0 Å². The molecular formula is C29H24Cl2N2O4. The predicted octanol–water partition coefficient (Wildman–Crippen LogP) is 6.77. The van der Waals surface area contributed by atoms with Crippen LogP contribution in [0, 0.1) is 6.92 Å². The number of hydrogen-bond donors (Lipinski definition) is 2. The van der Waals surface area contributed by atoms with Crippen LogP contribution in [0.15, 0.2) is 88.9 Å². The molecule has 0 fully saturated rings. The Bertz CT molecular complexity index is 1560. The molecule has 0 aliphatic carbocycles. The van der Waals surface area contributed by atoms with Crippen molar-refractivity contribution in [1.29, 1.82) is 0 Å². The Labute approximate surface area is 224 Å². The molecule has 6 nitrogen and oxygen atoms in total. The van der Waals surface area contributed by atoms with Crippen molar-refractivity contribution in [3.8, 4) is 11.1 Å². The minimum Gasteiger partial charge on any atom is -0.478 e. The van der Waals surface area contributed by atoms with Gasteiger partial charge in [0.05, 0.1) is 11.3 Å². The van der Waals surface area contributed by atoms with Gasteiger partial charge in [-0.05, 0) is 65.1 Å². The molecule has 0 saturated carbocycles. The van der Waals surface area contributed by atoms with Crippen LogP contribution in [-0.4, -0.2) is 26.6 Å². The summed E-state index contributed by atoms with van der Waals surface area (Å²) in [5.74, 6) is -1.25. The molecule has 0 amide bonds. The summed E-state index contributed by atoms with van der Waals surface area (Å²) < 4.78 is 1.43. The fraction of sp³-hybridized carbons (Fsp3) is 0.138. The van der Waals surface area contributed by atoms with Gasteiger partial charge in [-0.3, -0.25) is 4.79 Å². The summed E-state index contributed by atoms with van der Waals surface area (Å²) >= 11 is 12.7. The number of aromatic carboxylic acids is 1. The van der Waals surface area contributed by atoms with Gasteiger partial charge in [-0.1, -0.05) is 64.8 Å². The number of pyridine rings is 1. The lowest BCUT2D eigenvalue weighted by Gasteiger charge is -2.21. The van der Waals surface area contributed by atoms with Gasteiger partial charge in [-0.15, -0.1) is 0 Å². The molecule has 2 N–H and O–H groups in total. The highest BCUT2D eigenvalue weighted by Gasteiger charge is 2.22. The highest BCUT2D eigenvalue weighted by atomic mass is 35.5. The van der Waals surface area contributed by atoms with Crippen LogP contribution < -0.4 is 5.56 Å². The van der Waals surface area contributed by atoms with Crippen molar-refractivity contribution in [3.63, 3.8) is 0 Å². The number of aryl methyl sites for hydroxylation is 2. The molecule has 0 aliphatic rings. The number of hydrogen-bond acceptors (Lipinski definition) is 4. The van der Waals surface area contributed by atoms with Crippen molar-refractivity contribution >= 4 is 34.9 Å². The van der Waals surface area contributed by atoms with Crippen molar-refractivity contribution in [1.82, 2.24) is 4.57 Å². The number of aromatic nitrogens is 1. The van der Waals surface area contributed by atoms with Gasteiger partial charge in [0, 0.05) is 47.3 Å². The molecular weight excluding hydrogens is 511 g/mol. The molecule has 0 spiro atoms. The van der Waals surface area contributed by atoms with E-state index in [-0.39, 0.29) is 17.0 Å². The van der Waals surface area contributed by atoms with Crippen LogP contribution in [0.25, 0.3) is 11.1 Å². The second-order valence-corrected chi connectivity index (χ2v) is 9.64. The minimum absolute atomic E-state index is 0.166. The summed E-state index contributed by atoms with van der Waals surface area (Å²) in [5, 5.41) is 23.7. The van der Waals surface area contributed by atoms with E-state index in [2.05, 4.69) is 5.16 Å². The molecule has 0 unspecified atom stereocenters. The van der Waals surface area contributed by atoms with E-state index in [0.29, 0.717) is 27.7 Å². The molecule has 4 aromatic rings. The van der Waals surface area contributed by atoms with Crippen molar-refractivity contribution in [2.45, 2.75) is 19.3 Å². The number of rotatable bonds is 7. The lowest BCUT2D eigenvalue weighted by atomic mass is 9.84. The van der Waals surface area contributed by atoms with Gasteiger partial charge >= 0.3 is 5.97 Å². The predicted molar refractivity (Wildman–Crippen MR) is 147 cm³/mol. The van der Waals surface area contributed by atoms with E-state index >= 15 is 0 Å². The van der Waals surface area contributed by atoms with E-state index in [9.17, 15) is 19.9 Å². The second kappa shape index (κ2) is 11.0. The van der Waals surface area contributed by atoms with E-state index < -0.39 is 5.97 Å². The first-order valence-electron chi connectivity index (χ1n) is 11.4. The van der Waals surface area contributed by atoms with E-state index in [1.165, 1.54) is 10.6 Å². The lowest BCUT2D eigenvalue weighted by molar-refractivity contribution is 0.0697. The summed E-state index contributed by atoms with van der Waals surface area (Å²) in [6, 6.07) is 21.3. The number of carboxylic acids is 1. The largest absolute Gasteiger partial charge is 0.478 e. The molecule has 8 heteroatoms. The fourth-order valence-corrected chi connectivity index (χ4v) is 4.92. The van der Waals surface area contributed by atoms with E-state index in [4.69, 9.17) is 23.2 Å². The van der Waals surface area contributed by atoms with Crippen LogP contribution in [0.3, 0.4) is 0 Å². The molecule has 1 aromatic heterocycles. The van der Waals surface area contributed by atoms with E-state index in [1.807, 2.05) is 37.3 Å². The average molecular weight is 535 g/mol. The zero-order valence-electron chi connectivity index (χ0n) is 20.2. The first-order chi connectivity index (χ1) is 17.7. The molecule has 0 aliphatic heterocycles. The Hall–Kier alpha value is -3.87. The first-order valence-corrected chi connectivity index (χ1v) is 12.2. The van der Waals surface area contributed by atoms with Crippen LogP contribution in [0.2, 0.25) is 10.0 Å². The van der Waals surface area contributed by atoms with Gasteiger partial charge in [0.15, 0.2) is 0 Å². The van der Waals surface area contributed by atoms with Crippen molar-refractivity contribution in [3.05, 3.63) is 127 Å². The highest BCUT2D eigenvalue weighted by Crippen LogP contribution is 2.36. The van der Waals surface area contributed by atoms with E-state index in [0.717, 1.165) is 27.8 Å². The normalized spacial score (nSPS) is 12.4. The summed E-state index contributed by atoms with van der Waals surface area (Å²) in [6.07, 6.45) is 1.94. The van der Waals surface area contributed by atoms with Crippen molar-refractivity contribution < 1.29 is 15.1 Å². The molecule has 188 valence electrons. The summed E-state index contributed by atoms with van der Waals surface area (Å²) in [7, 11) is 1.64. The van der Waals surface area contributed by atoms with Gasteiger partial charge in [0.2, 0.25) is 5.56 Å². The van der Waals surface area contributed by atoms with Gasteiger partial charge in [-0.25, -0.2) is 4.79 Å². The van der Waals surface area contributed by atoms with Gasteiger partial charge in [0.1, 0.15) is 0 Å². The zero-order chi connectivity index (χ0) is 26.7. The Morgan fingerprint density at radius 1 is 0.973 bits per heavy atom. The van der Waals surface area contributed by atoms with Gasteiger partial charge < -0.3 is 14.9 Å². The summed E-state index contributed by atoms with van der Waals surface area (Å²) in [5.41, 5.74) is 5.56. The third-order valence-corrected chi connectivity index (χ3v) is 6.93. The zero-order valence-corrected chi connectivity index (χ0v) is 21.7. The van der Waals surface area contributed by atoms with E-state index in [1.54, 1.807) is 49.6 Å². The molecule has 0 bridgehead atoms. The molecule has 37 heavy (non-hydrogen) atoms. The second-order valence-electron chi connectivity index (χ2n) is 8.79. The maximum atomic E-state index is 11.9. The number of carbonyl (C=O) groups is 1. The Morgan fingerprint density at radius 3 is 2.27 bits per heavy atom. The standard InChI is InChI=1S/C29H24Cl2N2O4/c1-17-13-20(29(35)36)7-10-23(17)18-3-5-19(6-4-18)25(24-11-9-22(30)14-26(24)31)15-27(32-37)21-8-12-28(34)33(2)16-21/h3-14,16,25,37H,15H2,1-2H3,(H,35,36)/t25-/m1/s1. The Balaban J connectivity index is 1.74. The Kier molecular flexibility index (Phi) is 7.81. The number of halogens is 2. The molecule has 0 radical (unpaired) electrons. The van der Waals surface area contributed by atoms with Crippen LogP contribution in [-0.2, 0) is 7.05 Å². The first kappa shape index (κ1) is 26.2. The monoisotopic (exact) mass is 534 g/mol. The quantitative estimate of drug-likeness (QED) is 0.155. The SMILES string of the molecule is Cc1cc(C(=O)O)ccc1-c1ccc([C@@H](CC(=NO)c2ccc(=O)n(C)c2)c2ccc(Cl)cc2Cl)cc1.